The number of nitrogens with one attached hydrogen (secondary N) is 1. The summed E-state index contributed by atoms with van der Waals surface area (Å²) >= 11 is 19.8. The van der Waals surface area contributed by atoms with Gasteiger partial charge in [-0.1, -0.05) is 66.8 Å². The summed E-state index contributed by atoms with van der Waals surface area (Å²) in [5, 5.41) is 4.69. The molecular formula is C23H27Cl3N2O2S. The lowest BCUT2D eigenvalue weighted by atomic mass is 10.1. The van der Waals surface area contributed by atoms with Gasteiger partial charge in [-0.25, -0.2) is 0 Å². The summed E-state index contributed by atoms with van der Waals surface area (Å²) in [6.45, 7) is 6.68. The Hall–Kier alpha value is -1.40. The third-order valence-corrected chi connectivity index (χ3v) is 6.56. The van der Waals surface area contributed by atoms with E-state index in [1.807, 2.05) is 26.0 Å². The van der Waals surface area contributed by atoms with Gasteiger partial charge in [-0.05, 0) is 48.2 Å². The number of halogens is 3. The average molecular weight is 502 g/mol. The molecule has 0 spiro atoms. The minimum atomic E-state index is -0.605. The van der Waals surface area contributed by atoms with Crippen molar-refractivity contribution in [2.75, 3.05) is 12.3 Å². The molecule has 0 aliphatic rings. The standard InChI is InChI=1S/C23H27Cl3N2O2S/c1-15(2)11-27-23(30)16(3)28(12-17-7-9-18(24)10-8-17)22(29)14-31-13-19-20(25)5-4-6-21(19)26/h4-10,15-16H,11-14H2,1-3H3,(H,27,30). The Labute approximate surface area is 203 Å². The van der Waals surface area contributed by atoms with Crippen molar-refractivity contribution in [3.8, 4) is 0 Å². The van der Waals surface area contributed by atoms with Gasteiger partial charge < -0.3 is 10.2 Å². The Morgan fingerprint density at radius 2 is 1.61 bits per heavy atom. The summed E-state index contributed by atoms with van der Waals surface area (Å²) in [6, 6.07) is 12.0. The van der Waals surface area contributed by atoms with Gasteiger partial charge in [0, 0.05) is 33.9 Å². The van der Waals surface area contributed by atoms with E-state index in [-0.39, 0.29) is 17.6 Å². The molecule has 2 aromatic rings. The molecule has 0 aliphatic heterocycles. The van der Waals surface area contributed by atoms with Crippen LogP contribution in [0.2, 0.25) is 15.1 Å². The van der Waals surface area contributed by atoms with Crippen LogP contribution in [0.15, 0.2) is 42.5 Å². The normalized spacial score (nSPS) is 12.0. The summed E-state index contributed by atoms with van der Waals surface area (Å²) in [4.78, 5) is 27.3. The van der Waals surface area contributed by atoms with Crippen molar-refractivity contribution < 1.29 is 9.59 Å². The molecule has 1 unspecified atom stereocenters. The summed E-state index contributed by atoms with van der Waals surface area (Å²) in [6.07, 6.45) is 0. The quantitative estimate of drug-likeness (QED) is 0.430. The van der Waals surface area contributed by atoms with Crippen molar-refractivity contribution in [2.24, 2.45) is 5.92 Å². The predicted octanol–water partition coefficient (Wildman–Crippen LogP) is 6.07. The Kier molecular flexibility index (Phi) is 10.5. The number of amides is 2. The van der Waals surface area contributed by atoms with E-state index in [0.29, 0.717) is 39.8 Å². The van der Waals surface area contributed by atoms with Crippen LogP contribution in [0.5, 0.6) is 0 Å². The summed E-state index contributed by atoms with van der Waals surface area (Å²) in [5.74, 6) is 0.738. The molecule has 1 N–H and O–H groups in total. The van der Waals surface area contributed by atoms with Gasteiger partial charge >= 0.3 is 0 Å². The number of hydrogen-bond acceptors (Lipinski definition) is 3. The van der Waals surface area contributed by atoms with E-state index < -0.39 is 6.04 Å². The molecule has 8 heteroatoms. The summed E-state index contributed by atoms with van der Waals surface area (Å²) < 4.78 is 0. The molecule has 0 heterocycles. The molecule has 0 saturated carbocycles. The number of nitrogens with zero attached hydrogens (tertiary/aromatic N) is 1. The molecule has 0 saturated heterocycles. The predicted molar refractivity (Wildman–Crippen MR) is 132 cm³/mol. The first-order valence-electron chi connectivity index (χ1n) is 10.0. The van der Waals surface area contributed by atoms with Crippen LogP contribution in [0.25, 0.3) is 0 Å². The second kappa shape index (κ2) is 12.6. The number of carbonyl (C=O) groups excluding carboxylic acids is 2. The van der Waals surface area contributed by atoms with E-state index in [2.05, 4.69) is 5.32 Å². The molecule has 0 bridgehead atoms. The molecule has 0 aromatic heterocycles. The third kappa shape index (κ3) is 8.23. The summed E-state index contributed by atoms with van der Waals surface area (Å²) in [5.41, 5.74) is 1.70. The van der Waals surface area contributed by atoms with Crippen LogP contribution in [0, 0.1) is 5.92 Å². The molecule has 0 aliphatic carbocycles. The Bertz CT molecular complexity index is 871. The van der Waals surface area contributed by atoms with E-state index in [0.717, 1.165) is 11.1 Å². The van der Waals surface area contributed by atoms with Gasteiger partial charge in [-0.15, -0.1) is 11.8 Å². The monoisotopic (exact) mass is 500 g/mol. The lowest BCUT2D eigenvalue weighted by molar-refractivity contribution is -0.138. The molecule has 1 atom stereocenters. The minimum absolute atomic E-state index is 0.129. The zero-order chi connectivity index (χ0) is 23.0. The van der Waals surface area contributed by atoms with E-state index in [9.17, 15) is 9.59 Å². The SMILES string of the molecule is CC(C)CNC(=O)C(C)N(Cc1ccc(Cl)cc1)C(=O)CSCc1c(Cl)cccc1Cl. The maximum atomic E-state index is 13.1. The highest BCUT2D eigenvalue weighted by Gasteiger charge is 2.26. The topological polar surface area (TPSA) is 49.4 Å². The van der Waals surface area contributed by atoms with Crippen LogP contribution in [-0.2, 0) is 21.9 Å². The number of carbonyl (C=O) groups is 2. The zero-order valence-electron chi connectivity index (χ0n) is 17.8. The maximum Gasteiger partial charge on any atom is 0.242 e. The van der Waals surface area contributed by atoms with Crippen molar-refractivity contribution in [1.82, 2.24) is 10.2 Å². The van der Waals surface area contributed by atoms with Crippen LogP contribution in [0.1, 0.15) is 31.9 Å². The Balaban J connectivity index is 2.09. The number of rotatable bonds is 10. The first-order chi connectivity index (χ1) is 14.7. The van der Waals surface area contributed by atoms with Crippen molar-refractivity contribution >= 4 is 58.4 Å². The molecule has 0 radical (unpaired) electrons. The van der Waals surface area contributed by atoms with Crippen molar-refractivity contribution in [3.63, 3.8) is 0 Å². The number of benzene rings is 2. The molecule has 4 nitrogen and oxygen atoms in total. The van der Waals surface area contributed by atoms with Crippen LogP contribution in [0.4, 0.5) is 0 Å². The Morgan fingerprint density at radius 3 is 2.19 bits per heavy atom. The summed E-state index contributed by atoms with van der Waals surface area (Å²) in [7, 11) is 0. The van der Waals surface area contributed by atoms with E-state index >= 15 is 0 Å². The van der Waals surface area contributed by atoms with Gasteiger partial charge in [-0.3, -0.25) is 9.59 Å². The number of hydrogen-bond donors (Lipinski definition) is 1. The fourth-order valence-electron chi connectivity index (χ4n) is 2.82. The average Bonchev–Trinajstić information content (AvgIpc) is 2.73. The van der Waals surface area contributed by atoms with E-state index in [1.165, 1.54) is 11.8 Å². The lowest BCUT2D eigenvalue weighted by Crippen LogP contribution is -2.48. The molecule has 0 fully saturated rings. The molecule has 2 aromatic carbocycles. The highest BCUT2D eigenvalue weighted by molar-refractivity contribution is 7.99. The van der Waals surface area contributed by atoms with Crippen LogP contribution in [0.3, 0.4) is 0 Å². The van der Waals surface area contributed by atoms with E-state index in [4.69, 9.17) is 34.8 Å². The molecule has 168 valence electrons. The maximum absolute atomic E-state index is 13.1. The minimum Gasteiger partial charge on any atom is -0.354 e. The molecule has 31 heavy (non-hydrogen) atoms. The van der Waals surface area contributed by atoms with Crippen LogP contribution >= 0.6 is 46.6 Å². The van der Waals surface area contributed by atoms with Crippen molar-refractivity contribution in [1.29, 1.82) is 0 Å². The molecule has 2 amide bonds. The molecule has 2 rings (SSSR count). The highest BCUT2D eigenvalue weighted by atomic mass is 35.5. The zero-order valence-corrected chi connectivity index (χ0v) is 20.9. The fraction of sp³-hybridized carbons (Fsp3) is 0.391. The first kappa shape index (κ1) is 25.9. The lowest BCUT2D eigenvalue weighted by Gasteiger charge is -2.29. The third-order valence-electron chi connectivity index (χ3n) is 4.65. The van der Waals surface area contributed by atoms with Gasteiger partial charge in [0.15, 0.2) is 0 Å². The van der Waals surface area contributed by atoms with Crippen molar-refractivity contribution in [3.05, 3.63) is 68.7 Å². The van der Waals surface area contributed by atoms with Gasteiger partial charge in [0.1, 0.15) is 6.04 Å². The second-order valence-electron chi connectivity index (χ2n) is 7.66. The molecular weight excluding hydrogens is 475 g/mol. The van der Waals surface area contributed by atoms with E-state index in [1.54, 1.807) is 42.2 Å². The van der Waals surface area contributed by atoms with Crippen molar-refractivity contribution in [2.45, 2.75) is 39.1 Å². The fourth-order valence-corrected chi connectivity index (χ4v) is 4.59. The van der Waals surface area contributed by atoms with Gasteiger partial charge in [0.25, 0.3) is 0 Å². The van der Waals surface area contributed by atoms with Crippen LogP contribution < -0.4 is 5.32 Å². The van der Waals surface area contributed by atoms with Gasteiger partial charge in [0.2, 0.25) is 11.8 Å². The second-order valence-corrected chi connectivity index (χ2v) is 9.89. The first-order valence-corrected chi connectivity index (χ1v) is 12.3. The highest BCUT2D eigenvalue weighted by Crippen LogP contribution is 2.28. The Morgan fingerprint density at radius 1 is 1.00 bits per heavy atom. The van der Waals surface area contributed by atoms with Gasteiger partial charge in [-0.2, -0.15) is 0 Å². The number of thioether (sulfide) groups is 1. The van der Waals surface area contributed by atoms with Gasteiger partial charge in [0.05, 0.1) is 5.75 Å². The van der Waals surface area contributed by atoms with Crippen LogP contribution in [-0.4, -0.2) is 35.1 Å². The smallest absolute Gasteiger partial charge is 0.242 e. The largest absolute Gasteiger partial charge is 0.354 e.